The van der Waals surface area contributed by atoms with Crippen LogP contribution in [0, 0.1) is 35.0 Å². The number of hydrogen-bond acceptors (Lipinski definition) is 3. The van der Waals surface area contributed by atoms with Crippen LogP contribution in [0.2, 0.25) is 0 Å². The number of sulfone groups is 1. The van der Waals surface area contributed by atoms with Gasteiger partial charge in [-0.2, -0.15) is 0 Å². The molecule has 0 unspecified atom stereocenters. The van der Waals surface area contributed by atoms with Crippen molar-refractivity contribution >= 4 is 9.84 Å². The first kappa shape index (κ1) is 24.3. The third-order valence-corrected chi connectivity index (χ3v) is 11.5. The highest BCUT2D eigenvalue weighted by Gasteiger charge is 2.51. The molecule has 3 nitrogen and oxygen atoms in total. The minimum Gasteiger partial charge on any atom is -0.393 e. The van der Waals surface area contributed by atoms with E-state index in [1.54, 1.807) is 0 Å². The quantitative estimate of drug-likeness (QED) is 0.493. The van der Waals surface area contributed by atoms with Gasteiger partial charge in [0.15, 0.2) is 9.84 Å². The molecule has 0 radical (unpaired) electrons. The molecule has 0 amide bonds. The van der Waals surface area contributed by atoms with Crippen molar-refractivity contribution in [1.29, 1.82) is 0 Å². The van der Waals surface area contributed by atoms with Crippen molar-refractivity contribution < 1.29 is 13.5 Å². The van der Waals surface area contributed by atoms with Gasteiger partial charge in [0.05, 0.1) is 11.9 Å². The molecule has 3 aliphatic carbocycles. The highest BCUT2D eigenvalue weighted by Crippen LogP contribution is 2.60. The van der Waals surface area contributed by atoms with Crippen molar-refractivity contribution in [2.45, 2.75) is 97.3 Å². The zero-order chi connectivity index (χ0) is 23.3. The Hall–Kier alpha value is -0.870. The Kier molecular flexibility index (Phi) is 6.87. The first-order valence-corrected chi connectivity index (χ1v) is 14.7. The summed E-state index contributed by atoms with van der Waals surface area (Å²) in [6, 6.07) is 0. The lowest BCUT2D eigenvalue weighted by molar-refractivity contribution is 0.111. The predicted molar refractivity (Wildman–Crippen MR) is 133 cm³/mol. The molecule has 4 aliphatic rings. The zero-order valence-corrected chi connectivity index (χ0v) is 21.6. The minimum atomic E-state index is -3.17. The van der Waals surface area contributed by atoms with Crippen LogP contribution in [-0.4, -0.2) is 30.6 Å². The van der Waals surface area contributed by atoms with Gasteiger partial charge in [0.2, 0.25) is 0 Å². The Morgan fingerprint density at radius 2 is 1.81 bits per heavy atom. The van der Waals surface area contributed by atoms with Gasteiger partial charge in [0, 0.05) is 0 Å². The summed E-state index contributed by atoms with van der Waals surface area (Å²) in [5.41, 5.74) is 3.78. The fourth-order valence-corrected chi connectivity index (χ4v) is 9.36. The van der Waals surface area contributed by atoms with E-state index in [9.17, 15) is 13.5 Å². The summed E-state index contributed by atoms with van der Waals surface area (Å²) in [5, 5.41) is 9.73. The van der Waals surface area contributed by atoms with Crippen LogP contribution in [0.4, 0.5) is 0 Å². The Morgan fingerprint density at radius 3 is 2.53 bits per heavy atom. The van der Waals surface area contributed by atoms with Gasteiger partial charge in [-0.1, -0.05) is 64.0 Å². The van der Waals surface area contributed by atoms with Crippen molar-refractivity contribution in [3.63, 3.8) is 0 Å². The predicted octanol–water partition coefficient (Wildman–Crippen LogP) is 6.25. The lowest BCUT2D eigenvalue weighted by Crippen LogP contribution is -2.36. The molecule has 0 spiro atoms. The summed E-state index contributed by atoms with van der Waals surface area (Å²) < 4.78 is 26.2. The number of aliphatic hydroxyl groups is 1. The van der Waals surface area contributed by atoms with Gasteiger partial charge in [0.25, 0.3) is 0 Å². The summed E-state index contributed by atoms with van der Waals surface area (Å²) in [5.74, 6) is 3.21. The molecule has 4 rings (SSSR count). The molecule has 4 heteroatoms. The van der Waals surface area contributed by atoms with Crippen LogP contribution >= 0.6 is 0 Å². The third-order valence-electron chi connectivity index (χ3n) is 9.60. The molecule has 2 fully saturated rings. The third kappa shape index (κ3) is 4.43. The molecule has 32 heavy (non-hydrogen) atoms. The van der Waals surface area contributed by atoms with Crippen molar-refractivity contribution in [2.24, 2.45) is 35.0 Å². The molecular formula is C28H44O3S. The molecule has 180 valence electrons. The molecule has 0 saturated heterocycles. The Balaban J connectivity index is 1.58. The number of aliphatic hydroxyl groups excluding tert-OH is 1. The van der Waals surface area contributed by atoms with Gasteiger partial charge >= 0.3 is 0 Å². The van der Waals surface area contributed by atoms with Crippen molar-refractivity contribution in [3.05, 3.63) is 34.9 Å². The van der Waals surface area contributed by atoms with Crippen LogP contribution in [0.25, 0.3) is 0 Å². The van der Waals surface area contributed by atoms with E-state index in [1.165, 1.54) is 24.8 Å². The van der Waals surface area contributed by atoms with E-state index < -0.39 is 15.1 Å². The molecule has 1 heterocycles. The number of fused-ring (bicyclic) bond motifs is 1. The Labute approximate surface area is 196 Å². The maximum atomic E-state index is 13.1. The largest absolute Gasteiger partial charge is 0.393 e. The molecule has 1 N–H and O–H groups in total. The summed E-state index contributed by atoms with van der Waals surface area (Å²) in [4.78, 5) is 0. The molecule has 2 saturated carbocycles. The van der Waals surface area contributed by atoms with Gasteiger partial charge in [-0.25, -0.2) is 8.42 Å². The van der Waals surface area contributed by atoms with Crippen molar-refractivity contribution in [2.75, 3.05) is 5.75 Å². The SMILES string of the molecule is CC(C)[C@@H](C)/C=C/[C@@H](C)[C@H]1CC[C@@H]2/C(=C\[C@@H]3C4=C(CC[C@H](O)C4)CS3(=O)=O)CCC[C@@]21C. The Bertz CT molecular complexity index is 909. The minimum absolute atomic E-state index is 0.212. The van der Waals surface area contributed by atoms with Crippen molar-refractivity contribution in [3.8, 4) is 0 Å². The van der Waals surface area contributed by atoms with Gasteiger partial charge in [-0.05, 0) is 91.9 Å². The Morgan fingerprint density at radius 1 is 1.06 bits per heavy atom. The van der Waals surface area contributed by atoms with E-state index in [0.717, 1.165) is 30.4 Å². The molecule has 0 aromatic carbocycles. The fraction of sp³-hybridized carbons (Fsp3) is 0.786. The molecule has 0 bridgehead atoms. The second kappa shape index (κ2) is 9.06. The maximum Gasteiger partial charge on any atom is 0.164 e. The van der Waals surface area contributed by atoms with Gasteiger partial charge < -0.3 is 5.11 Å². The van der Waals surface area contributed by atoms with Gasteiger partial charge in [-0.3, -0.25) is 0 Å². The van der Waals surface area contributed by atoms with Crippen LogP contribution in [0.1, 0.15) is 86.0 Å². The number of hydrogen-bond donors (Lipinski definition) is 1. The average molecular weight is 461 g/mol. The van der Waals surface area contributed by atoms with E-state index in [1.807, 2.05) is 0 Å². The smallest absolute Gasteiger partial charge is 0.164 e. The normalized spacial score (nSPS) is 40.2. The van der Waals surface area contributed by atoms with Gasteiger partial charge in [0.1, 0.15) is 5.25 Å². The lowest BCUT2D eigenvalue weighted by atomic mass is 9.61. The molecule has 1 aliphatic heterocycles. The van der Waals surface area contributed by atoms with Crippen LogP contribution < -0.4 is 0 Å². The first-order chi connectivity index (χ1) is 15.0. The summed E-state index contributed by atoms with van der Waals surface area (Å²) in [7, 11) is -3.17. The van der Waals surface area contributed by atoms with Crippen LogP contribution in [-0.2, 0) is 9.84 Å². The highest BCUT2D eigenvalue weighted by atomic mass is 32.2. The highest BCUT2D eigenvalue weighted by molar-refractivity contribution is 7.92. The van der Waals surface area contributed by atoms with E-state index in [-0.39, 0.29) is 17.3 Å². The second-order valence-electron chi connectivity index (χ2n) is 11.9. The summed E-state index contributed by atoms with van der Waals surface area (Å²) in [6.45, 7) is 11.8. The molecule has 0 aromatic rings. The molecule has 0 aromatic heterocycles. The zero-order valence-electron chi connectivity index (χ0n) is 20.8. The standard InChI is InChI=1S/C28H44O3S/c1-18(2)19(3)8-9-20(4)25-12-13-26-21(7-6-14-28(25,26)5)15-27-24-16-23(29)11-10-22(24)17-32(27,30)31/h8-9,15,18-20,23,25-27,29H,6-7,10-14,16-17H2,1-5H3/b9-8+,21-15-/t19-,20+,23-,25+,26+,27+,28+/m0/s1. The van der Waals surface area contributed by atoms with E-state index in [2.05, 4.69) is 52.8 Å². The maximum absolute atomic E-state index is 13.1. The molecular weight excluding hydrogens is 416 g/mol. The monoisotopic (exact) mass is 460 g/mol. The van der Waals surface area contributed by atoms with Crippen LogP contribution in [0.3, 0.4) is 0 Å². The van der Waals surface area contributed by atoms with Crippen molar-refractivity contribution in [1.82, 2.24) is 0 Å². The van der Waals surface area contributed by atoms with E-state index in [4.69, 9.17) is 0 Å². The van der Waals surface area contributed by atoms with E-state index >= 15 is 0 Å². The number of rotatable bonds is 5. The van der Waals surface area contributed by atoms with E-state index in [0.29, 0.717) is 42.4 Å². The fourth-order valence-electron chi connectivity index (χ4n) is 7.28. The first-order valence-electron chi connectivity index (χ1n) is 13.0. The summed E-state index contributed by atoms with van der Waals surface area (Å²) >= 11 is 0. The van der Waals surface area contributed by atoms with Gasteiger partial charge in [-0.15, -0.1) is 0 Å². The lowest BCUT2D eigenvalue weighted by Gasteiger charge is -2.44. The number of allylic oxidation sites excluding steroid dienone is 3. The topological polar surface area (TPSA) is 54.4 Å². The second-order valence-corrected chi connectivity index (χ2v) is 14.1. The molecule has 7 atom stereocenters. The summed E-state index contributed by atoms with van der Waals surface area (Å²) in [6.07, 6.45) is 14.5. The van der Waals surface area contributed by atoms with Crippen LogP contribution in [0.5, 0.6) is 0 Å². The van der Waals surface area contributed by atoms with Crippen LogP contribution in [0.15, 0.2) is 34.9 Å². The average Bonchev–Trinajstić information content (AvgIpc) is 3.20.